The molecular formula is C16H15FOS. The summed E-state index contributed by atoms with van der Waals surface area (Å²) in [6, 6.07) is 11.7. The van der Waals surface area contributed by atoms with Crippen molar-refractivity contribution in [2.75, 3.05) is 0 Å². The van der Waals surface area contributed by atoms with Gasteiger partial charge in [0, 0.05) is 16.9 Å². The molecule has 0 fully saturated rings. The topological polar surface area (TPSA) is 17.1 Å². The molecule has 3 heteroatoms. The van der Waals surface area contributed by atoms with Crippen LogP contribution in [0.25, 0.3) is 0 Å². The van der Waals surface area contributed by atoms with E-state index in [0.717, 1.165) is 6.42 Å². The number of halogens is 1. The van der Waals surface area contributed by atoms with Gasteiger partial charge in [-0.05, 0) is 35.7 Å². The predicted molar refractivity (Wildman–Crippen MR) is 78.3 cm³/mol. The third-order valence-electron chi connectivity index (χ3n) is 3.11. The molecule has 0 heterocycles. The van der Waals surface area contributed by atoms with Gasteiger partial charge in [0.2, 0.25) is 0 Å². The van der Waals surface area contributed by atoms with Crippen molar-refractivity contribution in [3.63, 3.8) is 0 Å². The van der Waals surface area contributed by atoms with E-state index in [2.05, 4.69) is 19.6 Å². The summed E-state index contributed by atoms with van der Waals surface area (Å²) in [5.41, 5.74) is 2.94. The highest BCUT2D eigenvalue weighted by atomic mass is 32.1. The standard InChI is InChI=1S/C16H15FOS/c1-2-11-3-5-12(6-4-11)16(18)15-8-7-14(17)9-13(15)10-19/h3-9,19H,2,10H2,1H3. The molecule has 0 N–H and O–H groups in total. The summed E-state index contributed by atoms with van der Waals surface area (Å²) in [6.07, 6.45) is 0.937. The second-order valence-corrected chi connectivity index (χ2v) is 4.66. The lowest BCUT2D eigenvalue weighted by atomic mass is 9.98. The Morgan fingerprint density at radius 1 is 1.16 bits per heavy atom. The van der Waals surface area contributed by atoms with Gasteiger partial charge in [0.25, 0.3) is 0 Å². The molecule has 0 radical (unpaired) electrons. The van der Waals surface area contributed by atoms with Gasteiger partial charge in [-0.3, -0.25) is 4.79 Å². The van der Waals surface area contributed by atoms with Crippen LogP contribution in [-0.4, -0.2) is 5.78 Å². The van der Waals surface area contributed by atoms with Crippen molar-refractivity contribution in [3.8, 4) is 0 Å². The van der Waals surface area contributed by atoms with Crippen molar-refractivity contribution in [3.05, 3.63) is 70.5 Å². The van der Waals surface area contributed by atoms with Gasteiger partial charge < -0.3 is 0 Å². The van der Waals surface area contributed by atoms with Crippen LogP contribution in [-0.2, 0) is 12.2 Å². The van der Waals surface area contributed by atoms with Crippen LogP contribution in [0.5, 0.6) is 0 Å². The van der Waals surface area contributed by atoms with Crippen molar-refractivity contribution in [1.29, 1.82) is 0 Å². The first-order chi connectivity index (χ1) is 9.15. The van der Waals surface area contributed by atoms with E-state index in [-0.39, 0.29) is 11.6 Å². The Hall–Kier alpha value is -1.61. The fourth-order valence-corrected chi connectivity index (χ4v) is 2.22. The van der Waals surface area contributed by atoms with Gasteiger partial charge in [0.15, 0.2) is 5.78 Å². The second kappa shape index (κ2) is 6.02. The van der Waals surface area contributed by atoms with Gasteiger partial charge in [0.05, 0.1) is 0 Å². The van der Waals surface area contributed by atoms with E-state index in [4.69, 9.17) is 0 Å². The third kappa shape index (κ3) is 3.04. The molecule has 0 saturated carbocycles. The highest BCUT2D eigenvalue weighted by Crippen LogP contribution is 2.18. The quantitative estimate of drug-likeness (QED) is 0.657. The van der Waals surface area contributed by atoms with Gasteiger partial charge in [-0.2, -0.15) is 12.6 Å². The molecule has 0 atom stereocenters. The molecule has 0 amide bonds. The SMILES string of the molecule is CCc1ccc(C(=O)c2ccc(F)cc2CS)cc1. The van der Waals surface area contributed by atoms with Crippen LogP contribution >= 0.6 is 12.6 Å². The Bertz CT molecular complexity index is 590. The van der Waals surface area contributed by atoms with Crippen LogP contribution in [0.4, 0.5) is 4.39 Å². The third-order valence-corrected chi connectivity index (χ3v) is 3.45. The minimum Gasteiger partial charge on any atom is -0.289 e. The fraction of sp³-hybridized carbons (Fsp3) is 0.188. The average molecular weight is 274 g/mol. The van der Waals surface area contributed by atoms with Crippen LogP contribution in [0.1, 0.15) is 34.0 Å². The van der Waals surface area contributed by atoms with Crippen LogP contribution < -0.4 is 0 Å². The zero-order chi connectivity index (χ0) is 13.8. The molecule has 2 rings (SSSR count). The van der Waals surface area contributed by atoms with Gasteiger partial charge in [-0.15, -0.1) is 0 Å². The molecular weight excluding hydrogens is 259 g/mol. The highest BCUT2D eigenvalue weighted by molar-refractivity contribution is 7.79. The Kier molecular flexibility index (Phi) is 4.38. The molecule has 2 aromatic carbocycles. The van der Waals surface area contributed by atoms with Crippen molar-refractivity contribution in [2.24, 2.45) is 0 Å². The highest BCUT2D eigenvalue weighted by Gasteiger charge is 2.13. The van der Waals surface area contributed by atoms with Gasteiger partial charge >= 0.3 is 0 Å². The summed E-state index contributed by atoms with van der Waals surface area (Å²) in [6.45, 7) is 2.07. The Balaban J connectivity index is 2.37. The molecule has 0 aliphatic carbocycles. The number of hydrogen-bond donors (Lipinski definition) is 1. The summed E-state index contributed by atoms with van der Waals surface area (Å²) in [7, 11) is 0. The van der Waals surface area contributed by atoms with Crippen LogP contribution in [0, 0.1) is 5.82 Å². The first-order valence-corrected chi connectivity index (χ1v) is 6.82. The molecule has 0 aromatic heterocycles. The molecule has 2 aromatic rings. The number of thiol groups is 1. The average Bonchev–Trinajstić information content (AvgIpc) is 2.46. The summed E-state index contributed by atoms with van der Waals surface area (Å²) in [5.74, 6) is -0.0973. The number of hydrogen-bond acceptors (Lipinski definition) is 2. The number of carbonyl (C=O) groups excluding carboxylic acids is 1. The zero-order valence-electron chi connectivity index (χ0n) is 10.7. The van der Waals surface area contributed by atoms with E-state index in [1.54, 1.807) is 0 Å². The summed E-state index contributed by atoms with van der Waals surface area (Å²) >= 11 is 4.15. The number of ketones is 1. The molecule has 0 aliphatic rings. The Labute approximate surface area is 117 Å². The van der Waals surface area contributed by atoms with Crippen molar-refractivity contribution < 1.29 is 9.18 Å². The Morgan fingerprint density at radius 3 is 2.42 bits per heavy atom. The maximum absolute atomic E-state index is 13.2. The molecule has 0 saturated heterocycles. The first-order valence-electron chi connectivity index (χ1n) is 6.18. The molecule has 1 nitrogen and oxygen atoms in total. The van der Waals surface area contributed by atoms with Gasteiger partial charge in [-0.1, -0.05) is 31.2 Å². The lowest BCUT2D eigenvalue weighted by Gasteiger charge is -2.07. The predicted octanol–water partition coefficient (Wildman–Crippen LogP) is 4.05. The lowest BCUT2D eigenvalue weighted by Crippen LogP contribution is -2.05. The van der Waals surface area contributed by atoms with Crippen molar-refractivity contribution in [2.45, 2.75) is 19.1 Å². The van der Waals surface area contributed by atoms with E-state index in [1.165, 1.54) is 23.8 Å². The largest absolute Gasteiger partial charge is 0.289 e. The molecule has 98 valence electrons. The van der Waals surface area contributed by atoms with E-state index >= 15 is 0 Å². The zero-order valence-corrected chi connectivity index (χ0v) is 11.6. The summed E-state index contributed by atoms with van der Waals surface area (Å²) in [4.78, 5) is 12.4. The first kappa shape index (κ1) is 13.8. The number of rotatable bonds is 4. The number of aryl methyl sites for hydroxylation is 1. The normalized spacial score (nSPS) is 10.5. The van der Waals surface area contributed by atoms with Crippen LogP contribution in [0.15, 0.2) is 42.5 Å². The van der Waals surface area contributed by atoms with Gasteiger partial charge in [-0.25, -0.2) is 4.39 Å². The minimum atomic E-state index is -0.345. The van der Waals surface area contributed by atoms with E-state index in [1.807, 2.05) is 24.3 Å². The monoisotopic (exact) mass is 274 g/mol. The Morgan fingerprint density at radius 2 is 1.84 bits per heavy atom. The van der Waals surface area contributed by atoms with Gasteiger partial charge in [0.1, 0.15) is 5.82 Å². The molecule has 0 aliphatic heterocycles. The summed E-state index contributed by atoms with van der Waals surface area (Å²) < 4.78 is 13.2. The van der Waals surface area contributed by atoms with E-state index < -0.39 is 0 Å². The number of benzene rings is 2. The second-order valence-electron chi connectivity index (χ2n) is 4.34. The molecule has 0 bridgehead atoms. The number of carbonyl (C=O) groups is 1. The maximum Gasteiger partial charge on any atom is 0.193 e. The molecule has 19 heavy (non-hydrogen) atoms. The lowest BCUT2D eigenvalue weighted by molar-refractivity contribution is 0.103. The van der Waals surface area contributed by atoms with Crippen LogP contribution in [0.2, 0.25) is 0 Å². The minimum absolute atomic E-state index is 0.0910. The van der Waals surface area contributed by atoms with Crippen molar-refractivity contribution >= 4 is 18.4 Å². The fourth-order valence-electron chi connectivity index (χ4n) is 1.96. The van der Waals surface area contributed by atoms with Crippen molar-refractivity contribution in [1.82, 2.24) is 0 Å². The smallest absolute Gasteiger partial charge is 0.193 e. The van der Waals surface area contributed by atoms with Crippen LogP contribution in [0.3, 0.4) is 0 Å². The van der Waals surface area contributed by atoms with E-state index in [0.29, 0.717) is 22.4 Å². The summed E-state index contributed by atoms with van der Waals surface area (Å²) in [5, 5.41) is 0. The maximum atomic E-state index is 13.2. The van der Waals surface area contributed by atoms with E-state index in [9.17, 15) is 9.18 Å². The molecule has 0 spiro atoms. The molecule has 0 unspecified atom stereocenters.